The smallest absolute Gasteiger partial charge is 0.174 e. The van der Waals surface area contributed by atoms with E-state index in [4.69, 9.17) is 9.47 Å². The molecule has 94 valence electrons. The Balaban J connectivity index is 2.18. The zero-order valence-electron chi connectivity index (χ0n) is 10.7. The molecule has 17 heavy (non-hydrogen) atoms. The van der Waals surface area contributed by atoms with Gasteiger partial charge in [-0.1, -0.05) is 12.1 Å². The monoisotopic (exact) mass is 236 g/mol. The van der Waals surface area contributed by atoms with Crippen molar-refractivity contribution in [3.8, 4) is 0 Å². The first-order chi connectivity index (χ1) is 8.26. The van der Waals surface area contributed by atoms with Crippen molar-refractivity contribution in [3.05, 3.63) is 24.3 Å². The van der Waals surface area contributed by atoms with Crippen LogP contribution in [0.3, 0.4) is 0 Å². The molecule has 0 aliphatic carbocycles. The van der Waals surface area contributed by atoms with Gasteiger partial charge in [0.05, 0.1) is 17.9 Å². The van der Waals surface area contributed by atoms with Crippen LogP contribution in [0.5, 0.6) is 0 Å². The van der Waals surface area contributed by atoms with Crippen LogP contribution in [0.25, 0.3) is 0 Å². The van der Waals surface area contributed by atoms with Crippen LogP contribution in [0.2, 0.25) is 0 Å². The predicted octanol–water partition coefficient (Wildman–Crippen LogP) is 1.56. The van der Waals surface area contributed by atoms with Gasteiger partial charge in [-0.25, -0.2) is 0 Å². The number of fused-ring (bicyclic) bond motifs is 1. The van der Waals surface area contributed by atoms with Gasteiger partial charge in [0.25, 0.3) is 0 Å². The molecule has 1 aliphatic heterocycles. The topological polar surface area (TPSA) is 24.9 Å². The number of hydrogen-bond donors (Lipinski definition) is 0. The summed E-state index contributed by atoms with van der Waals surface area (Å²) < 4.78 is 10.5. The number of para-hydroxylation sites is 2. The van der Waals surface area contributed by atoms with E-state index in [9.17, 15) is 0 Å². The molecule has 1 aromatic rings. The maximum Gasteiger partial charge on any atom is 0.174 e. The van der Waals surface area contributed by atoms with Crippen molar-refractivity contribution in [1.29, 1.82) is 0 Å². The quantitative estimate of drug-likeness (QED) is 0.741. The summed E-state index contributed by atoms with van der Waals surface area (Å²) in [7, 11) is 5.48. The second-order valence-electron chi connectivity index (χ2n) is 4.26. The second-order valence-corrected chi connectivity index (χ2v) is 4.26. The van der Waals surface area contributed by atoms with Crippen molar-refractivity contribution in [3.63, 3.8) is 0 Å². The molecule has 0 saturated carbocycles. The Morgan fingerprint density at radius 3 is 2.41 bits per heavy atom. The molecule has 2 rings (SSSR count). The number of methoxy groups -OCH3 is 2. The highest BCUT2D eigenvalue weighted by molar-refractivity contribution is 5.73. The Bertz CT molecular complexity index is 366. The van der Waals surface area contributed by atoms with Crippen LogP contribution in [0.15, 0.2) is 24.3 Å². The molecule has 1 heterocycles. The Kier molecular flexibility index (Phi) is 3.86. The van der Waals surface area contributed by atoms with E-state index in [1.807, 2.05) is 0 Å². The van der Waals surface area contributed by atoms with Crippen LogP contribution in [0.1, 0.15) is 0 Å². The summed E-state index contributed by atoms with van der Waals surface area (Å²) in [6.45, 7) is 2.78. The SMILES string of the molecule is COC(CN1CCN(C)c2ccccc21)OC. The molecule has 0 unspecified atom stereocenters. The molecule has 0 aromatic heterocycles. The molecule has 0 bridgehead atoms. The molecule has 1 aromatic carbocycles. The average molecular weight is 236 g/mol. The van der Waals surface area contributed by atoms with Crippen molar-refractivity contribution >= 4 is 11.4 Å². The van der Waals surface area contributed by atoms with E-state index < -0.39 is 0 Å². The summed E-state index contributed by atoms with van der Waals surface area (Å²) in [4.78, 5) is 4.59. The van der Waals surface area contributed by atoms with Crippen LogP contribution >= 0.6 is 0 Å². The summed E-state index contributed by atoms with van der Waals surface area (Å²) in [6.07, 6.45) is -0.175. The number of nitrogens with zero attached hydrogens (tertiary/aromatic N) is 2. The van der Waals surface area contributed by atoms with E-state index in [0.717, 1.165) is 19.6 Å². The van der Waals surface area contributed by atoms with Crippen LogP contribution in [0.4, 0.5) is 11.4 Å². The number of anilines is 2. The highest BCUT2D eigenvalue weighted by Crippen LogP contribution is 2.31. The zero-order chi connectivity index (χ0) is 12.3. The molecule has 0 fully saturated rings. The van der Waals surface area contributed by atoms with Crippen LogP contribution in [0, 0.1) is 0 Å². The van der Waals surface area contributed by atoms with E-state index >= 15 is 0 Å². The third-order valence-electron chi connectivity index (χ3n) is 3.23. The summed E-state index contributed by atoms with van der Waals surface area (Å²) in [6, 6.07) is 8.44. The highest BCUT2D eigenvalue weighted by atomic mass is 16.7. The predicted molar refractivity (Wildman–Crippen MR) is 69.7 cm³/mol. The fraction of sp³-hybridized carbons (Fsp3) is 0.538. The van der Waals surface area contributed by atoms with Gasteiger partial charge in [0.15, 0.2) is 6.29 Å². The minimum absolute atomic E-state index is 0.175. The van der Waals surface area contributed by atoms with Crippen molar-refractivity contribution in [2.75, 3.05) is 50.7 Å². The number of hydrogen-bond acceptors (Lipinski definition) is 4. The van der Waals surface area contributed by atoms with Crippen molar-refractivity contribution in [1.82, 2.24) is 0 Å². The Morgan fingerprint density at radius 2 is 1.76 bits per heavy atom. The molecule has 4 heteroatoms. The normalized spacial score (nSPS) is 15.3. The Morgan fingerprint density at radius 1 is 1.12 bits per heavy atom. The standard InChI is InChI=1S/C13H20N2O2/c1-14-8-9-15(10-13(16-2)17-3)12-7-5-4-6-11(12)14/h4-7,13H,8-10H2,1-3H3. The van der Waals surface area contributed by atoms with E-state index in [1.165, 1.54) is 11.4 Å². The Labute approximate surface area is 103 Å². The lowest BCUT2D eigenvalue weighted by Gasteiger charge is -2.38. The lowest BCUT2D eigenvalue weighted by Crippen LogP contribution is -2.43. The first-order valence-corrected chi connectivity index (χ1v) is 5.87. The fourth-order valence-corrected chi connectivity index (χ4v) is 2.18. The minimum Gasteiger partial charge on any atom is -0.371 e. The molecular weight excluding hydrogens is 216 g/mol. The van der Waals surface area contributed by atoms with Gasteiger partial charge in [0.1, 0.15) is 0 Å². The molecule has 4 nitrogen and oxygen atoms in total. The van der Waals surface area contributed by atoms with E-state index in [-0.39, 0.29) is 6.29 Å². The van der Waals surface area contributed by atoms with Crippen molar-refractivity contribution in [2.24, 2.45) is 0 Å². The second kappa shape index (κ2) is 5.38. The minimum atomic E-state index is -0.175. The number of rotatable bonds is 4. The van der Waals surface area contributed by atoms with Gasteiger partial charge in [0, 0.05) is 34.4 Å². The molecule has 1 aliphatic rings. The average Bonchev–Trinajstić information content (AvgIpc) is 2.38. The van der Waals surface area contributed by atoms with Gasteiger partial charge in [-0.2, -0.15) is 0 Å². The maximum atomic E-state index is 5.27. The van der Waals surface area contributed by atoms with Crippen molar-refractivity contribution < 1.29 is 9.47 Å². The maximum absolute atomic E-state index is 5.27. The number of benzene rings is 1. The van der Waals surface area contributed by atoms with E-state index in [0.29, 0.717) is 0 Å². The molecule has 0 spiro atoms. The molecule has 0 saturated heterocycles. The van der Waals surface area contributed by atoms with Gasteiger partial charge in [0.2, 0.25) is 0 Å². The van der Waals surface area contributed by atoms with Crippen molar-refractivity contribution in [2.45, 2.75) is 6.29 Å². The summed E-state index contributed by atoms with van der Waals surface area (Å²) in [5, 5.41) is 0. The first-order valence-electron chi connectivity index (χ1n) is 5.87. The largest absolute Gasteiger partial charge is 0.371 e. The Hall–Kier alpha value is -1.26. The van der Waals surface area contributed by atoms with Crippen LogP contribution in [-0.2, 0) is 9.47 Å². The highest BCUT2D eigenvalue weighted by Gasteiger charge is 2.22. The van der Waals surface area contributed by atoms with Gasteiger partial charge in [-0.3, -0.25) is 0 Å². The zero-order valence-corrected chi connectivity index (χ0v) is 10.7. The lowest BCUT2D eigenvalue weighted by atomic mass is 10.2. The van der Waals surface area contributed by atoms with Gasteiger partial charge >= 0.3 is 0 Å². The lowest BCUT2D eigenvalue weighted by molar-refractivity contribution is -0.0949. The molecule has 0 amide bonds. The summed E-state index contributed by atoms with van der Waals surface area (Å²) >= 11 is 0. The van der Waals surface area contributed by atoms with E-state index in [1.54, 1.807) is 14.2 Å². The van der Waals surface area contributed by atoms with Gasteiger partial charge in [-0.05, 0) is 12.1 Å². The van der Waals surface area contributed by atoms with E-state index in [2.05, 4.69) is 41.1 Å². The van der Waals surface area contributed by atoms with Gasteiger partial charge in [-0.15, -0.1) is 0 Å². The van der Waals surface area contributed by atoms with Crippen LogP contribution < -0.4 is 9.80 Å². The van der Waals surface area contributed by atoms with Crippen LogP contribution in [-0.4, -0.2) is 47.2 Å². The fourth-order valence-electron chi connectivity index (χ4n) is 2.18. The number of likely N-dealkylation sites (N-methyl/N-ethyl adjacent to an activating group) is 1. The third kappa shape index (κ3) is 2.53. The molecular formula is C13H20N2O2. The molecule has 0 atom stereocenters. The van der Waals surface area contributed by atoms with Gasteiger partial charge < -0.3 is 19.3 Å². The first kappa shape index (κ1) is 12.2. The summed E-state index contributed by atoms with van der Waals surface area (Å²) in [5.41, 5.74) is 2.52. The third-order valence-corrected chi connectivity index (χ3v) is 3.23. The molecule has 0 N–H and O–H groups in total. The molecule has 0 radical (unpaired) electrons. The summed E-state index contributed by atoms with van der Waals surface area (Å²) in [5.74, 6) is 0. The number of ether oxygens (including phenoxy) is 2.